The lowest BCUT2D eigenvalue weighted by atomic mass is 10.1. The molecule has 0 unspecified atom stereocenters. The van der Waals surface area contributed by atoms with E-state index in [0.717, 1.165) is 0 Å². The van der Waals surface area contributed by atoms with Crippen LogP contribution in [0.5, 0.6) is 0 Å². The van der Waals surface area contributed by atoms with Gasteiger partial charge in [0.15, 0.2) is 5.17 Å². The molecule has 64 valence electrons. The highest BCUT2D eigenvalue weighted by atomic mass is 35.5. The summed E-state index contributed by atoms with van der Waals surface area (Å²) in [6.07, 6.45) is 0. The van der Waals surface area contributed by atoms with Crippen LogP contribution in [0.2, 0.25) is 0 Å². The topological polar surface area (TPSA) is 32.6 Å². The van der Waals surface area contributed by atoms with Crippen molar-refractivity contribution in [1.82, 2.24) is 0 Å². The molecule has 1 N–H and O–H groups in total. The number of halogens is 2. The second-order valence-corrected chi connectivity index (χ2v) is 2.71. The van der Waals surface area contributed by atoms with Crippen LogP contribution in [0.1, 0.15) is 11.1 Å². The van der Waals surface area contributed by atoms with Crippen LogP contribution >= 0.6 is 11.6 Å². The molecule has 0 aliphatic heterocycles. The van der Waals surface area contributed by atoms with Crippen LogP contribution in [-0.4, -0.2) is 10.4 Å². The van der Waals surface area contributed by atoms with E-state index in [-0.39, 0.29) is 11.0 Å². The summed E-state index contributed by atoms with van der Waals surface area (Å²) in [5.74, 6) is -0.304. The average molecular weight is 188 g/mol. The molecule has 0 atom stereocenters. The lowest BCUT2D eigenvalue weighted by molar-refractivity contribution is 0.321. The fraction of sp³-hybridized carbons (Fsp3) is 0.125. The van der Waals surface area contributed by atoms with Crippen LogP contribution in [0, 0.1) is 12.7 Å². The Bertz CT molecular complexity index is 325. The quantitative estimate of drug-likeness (QED) is 0.409. The molecule has 0 saturated heterocycles. The van der Waals surface area contributed by atoms with Crippen molar-refractivity contribution in [3.63, 3.8) is 0 Å². The first-order valence-corrected chi connectivity index (χ1v) is 3.67. The van der Waals surface area contributed by atoms with Crippen LogP contribution in [0.15, 0.2) is 23.4 Å². The second-order valence-electron chi connectivity index (χ2n) is 2.35. The van der Waals surface area contributed by atoms with E-state index in [2.05, 4.69) is 5.16 Å². The number of aryl methyl sites for hydroxylation is 1. The zero-order valence-corrected chi connectivity index (χ0v) is 7.14. The molecule has 1 aromatic carbocycles. The predicted octanol–water partition coefficient (Wildman–Crippen LogP) is 2.51. The number of benzene rings is 1. The minimum atomic E-state index is -0.304. The Morgan fingerprint density at radius 3 is 2.75 bits per heavy atom. The number of oxime groups is 1. The van der Waals surface area contributed by atoms with Gasteiger partial charge < -0.3 is 5.21 Å². The molecule has 0 heterocycles. The SMILES string of the molecule is Cc1cc(/C(Cl)=N/O)ccc1F. The molecule has 12 heavy (non-hydrogen) atoms. The Kier molecular flexibility index (Phi) is 2.65. The molecule has 4 heteroatoms. The summed E-state index contributed by atoms with van der Waals surface area (Å²) in [5.41, 5.74) is 0.965. The van der Waals surface area contributed by atoms with Crippen molar-refractivity contribution in [2.75, 3.05) is 0 Å². The summed E-state index contributed by atoms with van der Waals surface area (Å²) in [4.78, 5) is 0. The largest absolute Gasteiger partial charge is 0.410 e. The van der Waals surface area contributed by atoms with E-state index in [9.17, 15) is 4.39 Å². The van der Waals surface area contributed by atoms with Crippen LogP contribution in [-0.2, 0) is 0 Å². The van der Waals surface area contributed by atoms with Gasteiger partial charge in [0.05, 0.1) is 0 Å². The van der Waals surface area contributed by atoms with Gasteiger partial charge in [0.2, 0.25) is 0 Å². The van der Waals surface area contributed by atoms with Gasteiger partial charge >= 0.3 is 0 Å². The average Bonchev–Trinajstić information content (AvgIpc) is 2.08. The van der Waals surface area contributed by atoms with E-state index >= 15 is 0 Å². The molecular formula is C8H7ClFNO. The molecular weight excluding hydrogens is 181 g/mol. The highest BCUT2D eigenvalue weighted by molar-refractivity contribution is 6.69. The van der Waals surface area contributed by atoms with Gasteiger partial charge in [0.25, 0.3) is 0 Å². The normalized spacial score (nSPS) is 11.8. The molecule has 0 bridgehead atoms. The first-order chi connectivity index (χ1) is 5.65. The van der Waals surface area contributed by atoms with E-state index in [4.69, 9.17) is 16.8 Å². The third-order valence-corrected chi connectivity index (χ3v) is 1.78. The van der Waals surface area contributed by atoms with Crippen LogP contribution in [0.25, 0.3) is 0 Å². The van der Waals surface area contributed by atoms with Gasteiger partial charge in [-0.25, -0.2) is 4.39 Å². The molecule has 1 aromatic rings. The summed E-state index contributed by atoms with van der Waals surface area (Å²) in [7, 11) is 0. The summed E-state index contributed by atoms with van der Waals surface area (Å²) in [5, 5.41) is 11.1. The smallest absolute Gasteiger partial charge is 0.175 e. The summed E-state index contributed by atoms with van der Waals surface area (Å²) < 4.78 is 12.7. The third kappa shape index (κ3) is 1.74. The summed E-state index contributed by atoms with van der Waals surface area (Å²) in [6, 6.07) is 4.24. The first kappa shape index (κ1) is 9.00. The minimum absolute atomic E-state index is 0.0434. The van der Waals surface area contributed by atoms with E-state index in [1.165, 1.54) is 18.2 Å². The fourth-order valence-corrected chi connectivity index (χ4v) is 0.948. The lowest BCUT2D eigenvalue weighted by Gasteiger charge is -1.98. The molecule has 0 amide bonds. The van der Waals surface area contributed by atoms with Crippen molar-refractivity contribution in [3.8, 4) is 0 Å². The van der Waals surface area contributed by atoms with Crippen LogP contribution in [0.3, 0.4) is 0 Å². The number of rotatable bonds is 1. The first-order valence-electron chi connectivity index (χ1n) is 3.29. The van der Waals surface area contributed by atoms with E-state index < -0.39 is 0 Å². The fourth-order valence-electron chi connectivity index (χ4n) is 0.831. The number of nitrogens with zero attached hydrogens (tertiary/aromatic N) is 1. The minimum Gasteiger partial charge on any atom is -0.410 e. The zero-order chi connectivity index (χ0) is 9.14. The Hall–Kier alpha value is -1.09. The van der Waals surface area contributed by atoms with Crippen molar-refractivity contribution >= 4 is 16.8 Å². The third-order valence-electron chi connectivity index (χ3n) is 1.48. The van der Waals surface area contributed by atoms with E-state index in [1.54, 1.807) is 6.92 Å². The molecule has 0 aromatic heterocycles. The number of hydrogen-bond acceptors (Lipinski definition) is 2. The molecule has 0 saturated carbocycles. The molecule has 0 aliphatic rings. The Labute approximate surface area is 74.3 Å². The van der Waals surface area contributed by atoms with E-state index in [0.29, 0.717) is 11.1 Å². The lowest BCUT2D eigenvalue weighted by Crippen LogP contribution is -1.93. The van der Waals surface area contributed by atoms with Gasteiger partial charge in [-0.3, -0.25) is 0 Å². The molecule has 0 spiro atoms. The zero-order valence-electron chi connectivity index (χ0n) is 6.38. The van der Waals surface area contributed by atoms with Gasteiger partial charge in [0.1, 0.15) is 5.82 Å². The summed E-state index contributed by atoms with van der Waals surface area (Å²) >= 11 is 5.49. The Balaban J connectivity index is 3.13. The molecule has 2 nitrogen and oxygen atoms in total. The van der Waals surface area contributed by atoms with Crippen molar-refractivity contribution < 1.29 is 9.60 Å². The Morgan fingerprint density at radius 2 is 2.25 bits per heavy atom. The van der Waals surface area contributed by atoms with Crippen LogP contribution < -0.4 is 0 Å². The van der Waals surface area contributed by atoms with E-state index in [1.807, 2.05) is 0 Å². The van der Waals surface area contributed by atoms with Crippen molar-refractivity contribution in [3.05, 3.63) is 35.1 Å². The maximum atomic E-state index is 12.7. The Morgan fingerprint density at radius 1 is 1.58 bits per heavy atom. The number of hydrogen-bond donors (Lipinski definition) is 1. The standard InChI is InChI=1S/C8H7ClFNO/c1-5-4-6(8(9)11-12)2-3-7(5)10/h2-4,12H,1H3/b11-8-. The highest BCUT2D eigenvalue weighted by Crippen LogP contribution is 2.11. The van der Waals surface area contributed by atoms with Gasteiger partial charge in [0, 0.05) is 5.56 Å². The van der Waals surface area contributed by atoms with Gasteiger partial charge in [-0.05, 0) is 30.7 Å². The molecule has 1 rings (SSSR count). The molecule has 0 aliphatic carbocycles. The monoisotopic (exact) mass is 187 g/mol. The van der Waals surface area contributed by atoms with Crippen LogP contribution in [0.4, 0.5) is 4.39 Å². The maximum Gasteiger partial charge on any atom is 0.175 e. The molecule has 0 radical (unpaired) electrons. The van der Waals surface area contributed by atoms with Gasteiger partial charge in [-0.1, -0.05) is 16.8 Å². The second kappa shape index (κ2) is 3.54. The van der Waals surface area contributed by atoms with Gasteiger partial charge in [-0.2, -0.15) is 0 Å². The highest BCUT2D eigenvalue weighted by Gasteiger charge is 2.02. The predicted molar refractivity (Wildman–Crippen MR) is 45.3 cm³/mol. The maximum absolute atomic E-state index is 12.7. The van der Waals surface area contributed by atoms with Crippen molar-refractivity contribution in [2.45, 2.75) is 6.92 Å². The van der Waals surface area contributed by atoms with Gasteiger partial charge in [-0.15, -0.1) is 0 Å². The van der Waals surface area contributed by atoms with Crippen molar-refractivity contribution in [1.29, 1.82) is 0 Å². The van der Waals surface area contributed by atoms with Crippen molar-refractivity contribution in [2.24, 2.45) is 5.16 Å². The molecule has 0 fully saturated rings. The summed E-state index contributed by atoms with van der Waals surface area (Å²) in [6.45, 7) is 1.61.